The van der Waals surface area contributed by atoms with Gasteiger partial charge in [-0.3, -0.25) is 9.09 Å². The molecule has 37 heavy (non-hydrogen) atoms. The summed E-state index contributed by atoms with van der Waals surface area (Å²) < 4.78 is 30.9. The van der Waals surface area contributed by atoms with E-state index in [1.165, 1.54) is 16.7 Å². The van der Waals surface area contributed by atoms with Crippen LogP contribution >= 0.6 is 19.2 Å². The molecule has 2 aliphatic carbocycles. The van der Waals surface area contributed by atoms with E-state index in [0.717, 1.165) is 42.4 Å². The van der Waals surface area contributed by atoms with Crippen molar-refractivity contribution in [2.75, 3.05) is 13.0 Å². The standard InChI is InChI=1S/C30H32ClO5P/c1-19-14-24(34-18-37(33)35-13-10-28(36-37)21-4-3-5-23(31)15-21)16-22-6-8-25(29(19)22)20-7-9-27(32)26(17-20)30(2)11-12-30/h3-5,7,9,14-17,25,28,32H,6,8,10-13,18H2,1-2H3/t25-,28-,37-/m0/s1. The van der Waals surface area contributed by atoms with Crippen LogP contribution < -0.4 is 4.74 Å². The van der Waals surface area contributed by atoms with E-state index < -0.39 is 7.60 Å². The van der Waals surface area contributed by atoms with Crippen LogP contribution in [0.2, 0.25) is 5.02 Å². The predicted molar refractivity (Wildman–Crippen MR) is 145 cm³/mol. The number of aryl methyl sites for hydroxylation is 2. The fourth-order valence-electron chi connectivity index (χ4n) is 5.84. The maximum Gasteiger partial charge on any atom is 0.368 e. The van der Waals surface area contributed by atoms with Crippen LogP contribution in [0.1, 0.15) is 78.0 Å². The largest absolute Gasteiger partial charge is 0.508 e. The van der Waals surface area contributed by atoms with Crippen molar-refractivity contribution >= 4 is 19.2 Å². The normalized spacial score (nSPS) is 26.0. The van der Waals surface area contributed by atoms with E-state index in [1.54, 1.807) is 0 Å². The summed E-state index contributed by atoms with van der Waals surface area (Å²) in [5.41, 5.74) is 7.09. The van der Waals surface area contributed by atoms with Gasteiger partial charge in [-0.15, -0.1) is 0 Å². The van der Waals surface area contributed by atoms with E-state index >= 15 is 0 Å². The number of phenols is 1. The van der Waals surface area contributed by atoms with E-state index in [4.69, 9.17) is 25.4 Å². The van der Waals surface area contributed by atoms with Crippen molar-refractivity contribution in [3.63, 3.8) is 0 Å². The van der Waals surface area contributed by atoms with Gasteiger partial charge in [0.05, 0.1) is 12.7 Å². The Labute approximate surface area is 223 Å². The minimum atomic E-state index is -3.42. The van der Waals surface area contributed by atoms with Crippen molar-refractivity contribution in [1.29, 1.82) is 0 Å². The van der Waals surface area contributed by atoms with Gasteiger partial charge in [0.15, 0.2) is 6.35 Å². The van der Waals surface area contributed by atoms with E-state index in [9.17, 15) is 9.67 Å². The molecule has 3 aromatic rings. The van der Waals surface area contributed by atoms with Gasteiger partial charge in [-0.1, -0.05) is 42.8 Å². The van der Waals surface area contributed by atoms with Gasteiger partial charge in [-0.05, 0) is 96.2 Å². The Bertz CT molecular complexity index is 1400. The minimum absolute atomic E-state index is 0.112. The van der Waals surface area contributed by atoms with Crippen molar-refractivity contribution in [2.45, 2.75) is 63.4 Å². The summed E-state index contributed by atoms with van der Waals surface area (Å²) in [6.07, 6.45) is 4.37. The summed E-state index contributed by atoms with van der Waals surface area (Å²) >= 11 is 6.13. The number of aromatic hydroxyl groups is 1. The zero-order valence-corrected chi connectivity index (χ0v) is 22.9. The number of benzene rings is 3. The zero-order valence-electron chi connectivity index (χ0n) is 21.2. The summed E-state index contributed by atoms with van der Waals surface area (Å²) in [6, 6.07) is 17.7. The molecule has 5 nitrogen and oxygen atoms in total. The van der Waals surface area contributed by atoms with Crippen molar-refractivity contribution in [2.24, 2.45) is 0 Å². The van der Waals surface area contributed by atoms with E-state index in [2.05, 4.69) is 32.0 Å². The Morgan fingerprint density at radius 1 is 1.11 bits per heavy atom. The highest BCUT2D eigenvalue weighted by Gasteiger charge is 2.41. The van der Waals surface area contributed by atoms with Crippen LogP contribution in [0.4, 0.5) is 0 Å². The monoisotopic (exact) mass is 538 g/mol. The molecule has 1 heterocycles. The molecular weight excluding hydrogens is 507 g/mol. The second-order valence-electron chi connectivity index (χ2n) is 10.9. The molecule has 7 heteroatoms. The third-order valence-electron chi connectivity index (χ3n) is 8.14. The molecule has 1 aliphatic heterocycles. The topological polar surface area (TPSA) is 65.0 Å². The Morgan fingerprint density at radius 2 is 1.95 bits per heavy atom. The molecule has 1 saturated carbocycles. The first kappa shape index (κ1) is 25.0. The maximum absolute atomic E-state index is 13.4. The Balaban J connectivity index is 1.18. The van der Waals surface area contributed by atoms with Gasteiger partial charge in [0, 0.05) is 22.9 Å². The molecule has 0 unspecified atom stereocenters. The van der Waals surface area contributed by atoms with Gasteiger partial charge in [0.1, 0.15) is 11.5 Å². The van der Waals surface area contributed by atoms with Crippen LogP contribution in [0.5, 0.6) is 11.5 Å². The smallest absolute Gasteiger partial charge is 0.368 e. The van der Waals surface area contributed by atoms with Crippen LogP contribution in [-0.2, 0) is 25.4 Å². The van der Waals surface area contributed by atoms with Crippen molar-refractivity contribution in [1.82, 2.24) is 0 Å². The summed E-state index contributed by atoms with van der Waals surface area (Å²) in [4.78, 5) is 0. The molecule has 1 saturated heterocycles. The summed E-state index contributed by atoms with van der Waals surface area (Å²) in [5.74, 6) is 1.38. The van der Waals surface area contributed by atoms with Gasteiger partial charge in [-0.25, -0.2) is 0 Å². The molecular formula is C30H32ClO5P. The molecule has 6 rings (SSSR count). The minimum Gasteiger partial charge on any atom is -0.508 e. The second-order valence-corrected chi connectivity index (χ2v) is 13.3. The highest BCUT2D eigenvalue weighted by Crippen LogP contribution is 2.56. The van der Waals surface area contributed by atoms with Crippen molar-refractivity contribution in [3.8, 4) is 11.5 Å². The van der Waals surface area contributed by atoms with Gasteiger partial charge in [-0.2, -0.15) is 0 Å². The third-order valence-corrected chi connectivity index (χ3v) is 9.97. The lowest BCUT2D eigenvalue weighted by Crippen LogP contribution is -2.17. The number of ether oxygens (including phenoxy) is 1. The average Bonchev–Trinajstić information content (AvgIpc) is 3.47. The highest BCUT2D eigenvalue weighted by atomic mass is 35.5. The van der Waals surface area contributed by atoms with Gasteiger partial charge in [0.2, 0.25) is 0 Å². The predicted octanol–water partition coefficient (Wildman–Crippen LogP) is 8.19. The summed E-state index contributed by atoms with van der Waals surface area (Å²) in [6.45, 7) is 4.68. The quantitative estimate of drug-likeness (QED) is 0.320. The molecule has 3 aliphatic rings. The number of halogens is 1. The molecule has 0 radical (unpaired) electrons. The lowest BCUT2D eigenvalue weighted by atomic mass is 9.86. The van der Waals surface area contributed by atoms with Crippen LogP contribution in [-0.4, -0.2) is 18.1 Å². The molecule has 0 spiro atoms. The molecule has 1 N–H and O–H groups in total. The molecule has 2 fully saturated rings. The molecule has 0 bridgehead atoms. The van der Waals surface area contributed by atoms with Crippen LogP contribution in [0.25, 0.3) is 0 Å². The zero-order chi connectivity index (χ0) is 25.8. The Hall–Kier alpha value is -2.30. The Morgan fingerprint density at radius 3 is 2.73 bits per heavy atom. The maximum atomic E-state index is 13.4. The fraction of sp³-hybridized carbons (Fsp3) is 0.400. The molecule has 194 valence electrons. The van der Waals surface area contributed by atoms with Crippen molar-refractivity contribution < 1.29 is 23.5 Å². The SMILES string of the molecule is Cc1cc(OC[P@]2(=O)OCC[C@@H](c3cccc(Cl)c3)O2)cc2c1[C@H](c1ccc(O)c(C3(C)CC3)c1)CC2. The number of rotatable bonds is 6. The van der Waals surface area contributed by atoms with Crippen molar-refractivity contribution in [3.05, 3.63) is 93.0 Å². The lowest BCUT2D eigenvalue weighted by molar-refractivity contribution is 0.0725. The van der Waals surface area contributed by atoms with Crippen LogP contribution in [0.3, 0.4) is 0 Å². The van der Waals surface area contributed by atoms with Gasteiger partial charge >= 0.3 is 7.60 Å². The van der Waals surface area contributed by atoms with E-state index in [-0.39, 0.29) is 17.9 Å². The number of fused-ring (bicyclic) bond motifs is 1. The van der Waals surface area contributed by atoms with Crippen LogP contribution in [0.15, 0.2) is 54.6 Å². The second kappa shape index (κ2) is 9.47. The van der Waals surface area contributed by atoms with Crippen LogP contribution in [0, 0.1) is 6.92 Å². The fourth-order valence-corrected chi connectivity index (χ4v) is 7.54. The average molecular weight is 539 g/mol. The first-order valence-electron chi connectivity index (χ1n) is 13.0. The lowest BCUT2D eigenvalue weighted by Gasteiger charge is -2.30. The number of hydrogen-bond donors (Lipinski definition) is 1. The first-order valence-corrected chi connectivity index (χ1v) is 15.1. The molecule has 3 atom stereocenters. The summed E-state index contributed by atoms with van der Waals surface area (Å²) in [5, 5.41) is 11.1. The van der Waals surface area contributed by atoms with E-state index in [0.29, 0.717) is 35.5 Å². The number of hydrogen-bond acceptors (Lipinski definition) is 5. The van der Waals surface area contributed by atoms with Gasteiger partial charge in [0.25, 0.3) is 0 Å². The number of phenolic OH excluding ortho intramolecular Hbond substituents is 1. The van der Waals surface area contributed by atoms with E-state index in [1.807, 2.05) is 36.4 Å². The molecule has 3 aromatic carbocycles. The van der Waals surface area contributed by atoms with Gasteiger partial charge < -0.3 is 14.4 Å². The molecule has 0 aromatic heterocycles. The first-order chi connectivity index (χ1) is 17.7. The third kappa shape index (κ3) is 4.95. The summed E-state index contributed by atoms with van der Waals surface area (Å²) in [7, 11) is -3.42. The Kier molecular flexibility index (Phi) is 6.40. The molecule has 0 amide bonds. The highest BCUT2D eigenvalue weighted by molar-refractivity contribution is 7.53.